The van der Waals surface area contributed by atoms with E-state index in [-0.39, 0.29) is 17.0 Å². The molecule has 1 amide bonds. The molecule has 4 rings (SSSR count). The highest BCUT2D eigenvalue weighted by Crippen LogP contribution is 2.45. The van der Waals surface area contributed by atoms with Gasteiger partial charge in [0.2, 0.25) is 0 Å². The van der Waals surface area contributed by atoms with E-state index in [9.17, 15) is 9.59 Å². The molecule has 160 valence electrons. The fourth-order valence-corrected chi connectivity index (χ4v) is 6.24. The average Bonchev–Trinajstić information content (AvgIpc) is 3.04. The molecule has 6 heteroatoms. The molecular formula is C24H30N2O3S. The molecule has 0 unspecified atom stereocenters. The molecule has 1 aromatic carbocycles. The van der Waals surface area contributed by atoms with Gasteiger partial charge in [-0.2, -0.15) is 0 Å². The number of aryl methyl sites for hydroxylation is 2. The molecule has 0 saturated heterocycles. The number of nitrogens with one attached hydrogen (secondary N) is 2. The van der Waals surface area contributed by atoms with Crippen LogP contribution in [0.1, 0.15) is 82.8 Å². The summed E-state index contributed by atoms with van der Waals surface area (Å²) in [4.78, 5) is 26.9. The highest BCUT2D eigenvalue weighted by atomic mass is 32.1. The number of fused-ring (bicyclic) bond motifs is 2. The van der Waals surface area contributed by atoms with Crippen LogP contribution in [0.25, 0.3) is 0 Å². The molecule has 2 aromatic rings. The Kier molecular flexibility index (Phi) is 5.27. The molecule has 1 aliphatic heterocycles. The van der Waals surface area contributed by atoms with Crippen molar-refractivity contribution in [2.45, 2.75) is 70.9 Å². The Morgan fingerprint density at radius 2 is 1.80 bits per heavy atom. The first-order valence-electron chi connectivity index (χ1n) is 10.6. The van der Waals surface area contributed by atoms with Gasteiger partial charge in [-0.1, -0.05) is 6.07 Å². The van der Waals surface area contributed by atoms with E-state index in [2.05, 4.69) is 44.4 Å². The van der Waals surface area contributed by atoms with Crippen LogP contribution < -0.4 is 10.6 Å². The summed E-state index contributed by atoms with van der Waals surface area (Å²) in [7, 11) is 1.39. The molecule has 30 heavy (non-hydrogen) atoms. The van der Waals surface area contributed by atoms with Crippen LogP contribution >= 0.6 is 11.3 Å². The summed E-state index contributed by atoms with van der Waals surface area (Å²) in [5.41, 5.74) is 4.23. The first-order chi connectivity index (χ1) is 14.1. The molecule has 0 saturated carbocycles. The van der Waals surface area contributed by atoms with Crippen molar-refractivity contribution >= 4 is 28.2 Å². The van der Waals surface area contributed by atoms with Gasteiger partial charge in [-0.25, -0.2) is 4.79 Å². The number of benzene rings is 1. The van der Waals surface area contributed by atoms with E-state index in [1.54, 1.807) is 0 Å². The monoisotopic (exact) mass is 426 g/mol. The second-order valence-corrected chi connectivity index (χ2v) is 10.6. The van der Waals surface area contributed by atoms with Gasteiger partial charge in [-0.15, -0.1) is 11.3 Å². The smallest absolute Gasteiger partial charge is 0.341 e. The van der Waals surface area contributed by atoms with Gasteiger partial charge >= 0.3 is 5.97 Å². The summed E-state index contributed by atoms with van der Waals surface area (Å²) in [5, 5.41) is 7.24. The van der Waals surface area contributed by atoms with Gasteiger partial charge in [0.1, 0.15) is 5.00 Å². The second-order valence-electron chi connectivity index (χ2n) is 9.56. The summed E-state index contributed by atoms with van der Waals surface area (Å²) in [6.07, 6.45) is 5.18. The Labute approximate surface area is 182 Å². The van der Waals surface area contributed by atoms with Crippen molar-refractivity contribution in [3.63, 3.8) is 0 Å². The lowest BCUT2D eigenvalue weighted by molar-refractivity contribution is 0.0600. The number of hydrogen-bond acceptors (Lipinski definition) is 5. The number of carbonyl (C=O) groups is 2. The van der Waals surface area contributed by atoms with E-state index in [0.29, 0.717) is 22.5 Å². The SMILES string of the molecule is COC(=O)c1c(NC(=O)c2ccc3c(c2)CCCC3)sc2c1CC(C)(C)NC2(C)C. The average molecular weight is 427 g/mol. The van der Waals surface area contributed by atoms with Crippen LogP contribution in [0.3, 0.4) is 0 Å². The lowest BCUT2D eigenvalue weighted by Crippen LogP contribution is -2.55. The van der Waals surface area contributed by atoms with Gasteiger partial charge < -0.3 is 15.4 Å². The second kappa shape index (κ2) is 7.50. The third kappa shape index (κ3) is 3.79. The molecular weight excluding hydrogens is 396 g/mol. The number of anilines is 1. The van der Waals surface area contributed by atoms with Gasteiger partial charge in [0, 0.05) is 21.5 Å². The van der Waals surface area contributed by atoms with Crippen molar-refractivity contribution in [2.75, 3.05) is 12.4 Å². The van der Waals surface area contributed by atoms with Gasteiger partial charge in [-0.05, 0) is 88.6 Å². The third-order valence-corrected chi connectivity index (χ3v) is 7.54. The van der Waals surface area contributed by atoms with Crippen molar-refractivity contribution in [3.8, 4) is 0 Å². The molecule has 2 heterocycles. The highest BCUT2D eigenvalue weighted by Gasteiger charge is 2.42. The van der Waals surface area contributed by atoms with Crippen molar-refractivity contribution in [2.24, 2.45) is 0 Å². The van der Waals surface area contributed by atoms with Gasteiger partial charge in [0.25, 0.3) is 5.91 Å². The first-order valence-corrected chi connectivity index (χ1v) is 11.4. The minimum atomic E-state index is -0.401. The summed E-state index contributed by atoms with van der Waals surface area (Å²) in [6.45, 7) is 8.47. The maximum absolute atomic E-state index is 13.1. The third-order valence-electron chi connectivity index (χ3n) is 6.07. The number of ether oxygens (including phenoxy) is 1. The van der Waals surface area contributed by atoms with Crippen LogP contribution in [0, 0.1) is 0 Å². The fourth-order valence-electron chi connectivity index (χ4n) is 4.98. The van der Waals surface area contributed by atoms with Crippen LogP contribution in [0.4, 0.5) is 5.00 Å². The lowest BCUT2D eigenvalue weighted by Gasteiger charge is -2.42. The Balaban J connectivity index is 1.72. The van der Waals surface area contributed by atoms with Crippen molar-refractivity contribution in [3.05, 3.63) is 50.9 Å². The van der Waals surface area contributed by atoms with Crippen molar-refractivity contribution < 1.29 is 14.3 Å². The Morgan fingerprint density at radius 3 is 2.50 bits per heavy atom. The van der Waals surface area contributed by atoms with Crippen LogP contribution in [0.5, 0.6) is 0 Å². The summed E-state index contributed by atoms with van der Waals surface area (Å²) in [5.74, 6) is -0.584. The van der Waals surface area contributed by atoms with E-state index < -0.39 is 5.97 Å². The van der Waals surface area contributed by atoms with Crippen LogP contribution in [0.2, 0.25) is 0 Å². The molecule has 0 atom stereocenters. The predicted molar refractivity (Wildman–Crippen MR) is 121 cm³/mol. The van der Waals surface area contributed by atoms with E-state index in [1.165, 1.54) is 42.4 Å². The van der Waals surface area contributed by atoms with E-state index >= 15 is 0 Å². The van der Waals surface area contributed by atoms with Crippen LogP contribution in [-0.2, 0) is 29.5 Å². The van der Waals surface area contributed by atoms with Crippen molar-refractivity contribution in [1.29, 1.82) is 0 Å². The minimum Gasteiger partial charge on any atom is -0.465 e. The van der Waals surface area contributed by atoms with Gasteiger partial charge in [0.15, 0.2) is 0 Å². The number of carbonyl (C=O) groups excluding carboxylic acids is 2. The lowest BCUT2D eigenvalue weighted by atomic mass is 9.81. The number of rotatable bonds is 3. The minimum absolute atomic E-state index is 0.167. The molecule has 2 aliphatic rings. The van der Waals surface area contributed by atoms with Gasteiger partial charge in [0.05, 0.1) is 12.7 Å². The Hall–Kier alpha value is -2.18. The summed E-state index contributed by atoms with van der Waals surface area (Å²) in [6, 6.07) is 5.96. The topological polar surface area (TPSA) is 67.4 Å². The Bertz CT molecular complexity index is 1020. The molecule has 2 N–H and O–H groups in total. The predicted octanol–water partition coefficient (Wildman–Crippen LogP) is 4.83. The van der Waals surface area contributed by atoms with E-state index in [4.69, 9.17) is 4.74 Å². The summed E-state index contributed by atoms with van der Waals surface area (Å²) >= 11 is 1.47. The van der Waals surface area contributed by atoms with Gasteiger partial charge in [-0.3, -0.25) is 4.79 Å². The summed E-state index contributed by atoms with van der Waals surface area (Å²) < 4.78 is 5.10. The zero-order valence-corrected chi connectivity index (χ0v) is 19.2. The largest absolute Gasteiger partial charge is 0.465 e. The van der Waals surface area contributed by atoms with Crippen molar-refractivity contribution in [1.82, 2.24) is 5.32 Å². The zero-order valence-electron chi connectivity index (χ0n) is 18.4. The number of hydrogen-bond donors (Lipinski definition) is 2. The molecule has 1 aliphatic carbocycles. The molecule has 0 fully saturated rings. The molecule has 5 nitrogen and oxygen atoms in total. The van der Waals surface area contributed by atoms with E-state index in [0.717, 1.165) is 23.3 Å². The standard InChI is InChI=1S/C24H30N2O3S/c1-23(2)13-17-18(22(28)29-5)21(30-19(17)24(3,4)26-23)25-20(27)16-11-10-14-8-6-7-9-15(14)12-16/h10-12,26H,6-9,13H2,1-5H3,(H,25,27). The Morgan fingerprint density at radius 1 is 1.10 bits per heavy atom. The van der Waals surface area contributed by atoms with Crippen LogP contribution in [0.15, 0.2) is 18.2 Å². The molecule has 0 radical (unpaired) electrons. The molecule has 0 bridgehead atoms. The first kappa shape index (κ1) is 21.1. The molecule has 1 aromatic heterocycles. The number of thiophene rings is 1. The maximum Gasteiger partial charge on any atom is 0.341 e. The van der Waals surface area contributed by atoms with E-state index in [1.807, 2.05) is 12.1 Å². The maximum atomic E-state index is 13.1. The molecule has 0 spiro atoms. The number of esters is 1. The highest BCUT2D eigenvalue weighted by molar-refractivity contribution is 7.17. The zero-order chi connectivity index (χ0) is 21.7. The number of amides is 1. The normalized spacial score (nSPS) is 18.8. The fraction of sp³-hybridized carbons (Fsp3) is 0.500. The number of methoxy groups -OCH3 is 1. The quantitative estimate of drug-likeness (QED) is 0.690. The van der Waals surface area contributed by atoms with Crippen LogP contribution in [-0.4, -0.2) is 24.5 Å².